The van der Waals surface area contributed by atoms with Crippen LogP contribution in [-0.2, 0) is 0 Å². The van der Waals surface area contributed by atoms with Crippen molar-refractivity contribution in [3.05, 3.63) is 49.8 Å². The topological polar surface area (TPSA) is 24.9 Å². The second-order valence-electron chi connectivity index (χ2n) is 3.29. The molecular formula is C11H10BrClN2S. The summed E-state index contributed by atoms with van der Waals surface area (Å²) in [5.74, 6) is 0. The lowest BCUT2D eigenvalue weighted by molar-refractivity contribution is 0.700. The molecule has 5 heteroatoms. The molecule has 0 aliphatic rings. The second kappa shape index (κ2) is 5.27. The summed E-state index contributed by atoms with van der Waals surface area (Å²) in [5, 5.41) is 6.04. The molecule has 2 heterocycles. The van der Waals surface area contributed by atoms with Gasteiger partial charge in [-0.05, 0) is 46.1 Å². The van der Waals surface area contributed by atoms with Crippen LogP contribution in [-0.4, -0.2) is 12.0 Å². The van der Waals surface area contributed by atoms with Crippen molar-refractivity contribution in [3.8, 4) is 0 Å². The van der Waals surface area contributed by atoms with Gasteiger partial charge in [0.15, 0.2) is 0 Å². The fraction of sp³-hybridized carbons (Fsp3) is 0.182. The van der Waals surface area contributed by atoms with Crippen LogP contribution in [0.25, 0.3) is 0 Å². The Balaban J connectivity index is 2.40. The van der Waals surface area contributed by atoms with Crippen molar-refractivity contribution in [2.45, 2.75) is 6.04 Å². The van der Waals surface area contributed by atoms with Crippen molar-refractivity contribution in [2.75, 3.05) is 7.05 Å². The molecule has 0 aromatic carbocycles. The van der Waals surface area contributed by atoms with Gasteiger partial charge in [0.1, 0.15) is 0 Å². The molecule has 1 atom stereocenters. The third kappa shape index (κ3) is 2.46. The van der Waals surface area contributed by atoms with E-state index < -0.39 is 0 Å². The van der Waals surface area contributed by atoms with Gasteiger partial charge in [0.25, 0.3) is 0 Å². The van der Waals surface area contributed by atoms with Crippen LogP contribution in [0.2, 0.25) is 5.02 Å². The van der Waals surface area contributed by atoms with Gasteiger partial charge < -0.3 is 5.32 Å². The monoisotopic (exact) mass is 316 g/mol. The average molecular weight is 318 g/mol. The Hall–Kier alpha value is -0.420. The number of thiophene rings is 1. The largest absolute Gasteiger partial charge is 0.309 e. The predicted molar refractivity (Wildman–Crippen MR) is 72.2 cm³/mol. The van der Waals surface area contributed by atoms with Gasteiger partial charge in [-0.1, -0.05) is 11.6 Å². The second-order valence-corrected chi connectivity index (χ2v) is 5.56. The Morgan fingerprint density at radius 2 is 2.31 bits per heavy atom. The van der Waals surface area contributed by atoms with Gasteiger partial charge in [-0.2, -0.15) is 0 Å². The van der Waals surface area contributed by atoms with E-state index in [1.54, 1.807) is 17.5 Å². The summed E-state index contributed by atoms with van der Waals surface area (Å²) < 4.78 is 0.970. The molecule has 0 radical (unpaired) electrons. The molecule has 1 unspecified atom stereocenters. The van der Waals surface area contributed by atoms with Crippen molar-refractivity contribution in [1.29, 1.82) is 0 Å². The van der Waals surface area contributed by atoms with Crippen molar-refractivity contribution >= 4 is 38.9 Å². The molecule has 0 aliphatic carbocycles. The first-order valence-corrected chi connectivity index (χ1v) is 6.78. The van der Waals surface area contributed by atoms with E-state index in [-0.39, 0.29) is 6.04 Å². The van der Waals surface area contributed by atoms with Crippen LogP contribution in [0.15, 0.2) is 34.4 Å². The molecule has 84 valence electrons. The number of rotatable bonds is 3. The minimum Gasteiger partial charge on any atom is -0.309 e. The fourth-order valence-corrected chi connectivity index (χ4v) is 3.23. The molecule has 0 amide bonds. The van der Waals surface area contributed by atoms with Crippen LogP contribution in [0.4, 0.5) is 0 Å². The van der Waals surface area contributed by atoms with Gasteiger partial charge in [-0.15, -0.1) is 11.3 Å². The molecule has 0 saturated carbocycles. The third-order valence-electron chi connectivity index (χ3n) is 2.25. The average Bonchev–Trinajstić information content (AvgIpc) is 2.67. The molecule has 0 spiro atoms. The van der Waals surface area contributed by atoms with Gasteiger partial charge in [0, 0.05) is 21.7 Å². The summed E-state index contributed by atoms with van der Waals surface area (Å²) >= 11 is 11.2. The molecule has 2 nitrogen and oxygen atoms in total. The first-order valence-electron chi connectivity index (χ1n) is 4.73. The van der Waals surface area contributed by atoms with E-state index in [1.165, 1.54) is 0 Å². The van der Waals surface area contributed by atoms with Crippen LogP contribution in [0.5, 0.6) is 0 Å². The Morgan fingerprint density at radius 3 is 2.88 bits per heavy atom. The van der Waals surface area contributed by atoms with E-state index in [0.29, 0.717) is 0 Å². The van der Waals surface area contributed by atoms with Gasteiger partial charge in [0.05, 0.1) is 11.1 Å². The first-order chi connectivity index (χ1) is 7.72. The van der Waals surface area contributed by atoms with E-state index >= 15 is 0 Å². The molecular weight excluding hydrogens is 308 g/mol. The van der Waals surface area contributed by atoms with E-state index in [9.17, 15) is 0 Å². The normalized spacial score (nSPS) is 12.7. The van der Waals surface area contributed by atoms with E-state index in [2.05, 4.69) is 26.2 Å². The summed E-state index contributed by atoms with van der Waals surface area (Å²) in [6.07, 6.45) is 3.62. The Labute approximate surface area is 112 Å². The van der Waals surface area contributed by atoms with E-state index in [1.807, 2.05) is 30.8 Å². The van der Waals surface area contributed by atoms with Crippen molar-refractivity contribution in [2.24, 2.45) is 0 Å². The number of nitrogens with zero attached hydrogens (tertiary/aromatic N) is 1. The van der Waals surface area contributed by atoms with Crippen LogP contribution < -0.4 is 5.32 Å². The summed E-state index contributed by atoms with van der Waals surface area (Å²) in [5.41, 5.74) is 1.10. The van der Waals surface area contributed by atoms with E-state index in [4.69, 9.17) is 11.6 Å². The number of halogens is 2. The standard InChI is InChI=1S/C11H10BrClN2S/c1-14-10(11-9(13)2-3-16-11)7-4-8(12)6-15-5-7/h2-6,10,14H,1H3. The maximum Gasteiger partial charge on any atom is 0.0699 e. The smallest absolute Gasteiger partial charge is 0.0699 e. The number of aromatic nitrogens is 1. The predicted octanol–water partition coefficient (Wildman–Crippen LogP) is 3.87. The number of nitrogens with one attached hydrogen (secondary N) is 1. The Bertz CT molecular complexity index is 486. The zero-order valence-electron chi connectivity index (χ0n) is 8.58. The zero-order valence-corrected chi connectivity index (χ0v) is 11.7. The maximum absolute atomic E-state index is 6.14. The number of hydrogen-bond donors (Lipinski definition) is 1. The van der Waals surface area contributed by atoms with Crippen LogP contribution in [0, 0.1) is 0 Å². The Kier molecular flexibility index (Phi) is 3.97. The lowest BCUT2D eigenvalue weighted by atomic mass is 10.1. The summed E-state index contributed by atoms with van der Waals surface area (Å²) in [4.78, 5) is 5.28. The summed E-state index contributed by atoms with van der Waals surface area (Å²) in [7, 11) is 1.92. The Morgan fingerprint density at radius 1 is 1.50 bits per heavy atom. The minimum atomic E-state index is 0.0949. The highest BCUT2D eigenvalue weighted by molar-refractivity contribution is 9.10. The quantitative estimate of drug-likeness (QED) is 0.929. The molecule has 1 N–H and O–H groups in total. The van der Waals surface area contributed by atoms with Crippen molar-refractivity contribution < 1.29 is 0 Å². The summed E-state index contributed by atoms with van der Waals surface area (Å²) in [6, 6.07) is 4.05. The van der Waals surface area contributed by atoms with Crippen molar-refractivity contribution in [1.82, 2.24) is 10.3 Å². The highest BCUT2D eigenvalue weighted by Crippen LogP contribution is 2.32. The highest BCUT2D eigenvalue weighted by atomic mass is 79.9. The van der Waals surface area contributed by atoms with Gasteiger partial charge in [0.2, 0.25) is 0 Å². The maximum atomic E-state index is 6.14. The molecule has 0 saturated heterocycles. The van der Waals surface area contributed by atoms with Gasteiger partial charge >= 0.3 is 0 Å². The SMILES string of the molecule is CNC(c1cncc(Br)c1)c1sccc1Cl. The third-order valence-corrected chi connectivity index (χ3v) is 4.11. The van der Waals surface area contributed by atoms with Crippen LogP contribution >= 0.6 is 38.9 Å². The number of pyridine rings is 1. The molecule has 0 bridgehead atoms. The fourth-order valence-electron chi connectivity index (χ4n) is 1.55. The summed E-state index contributed by atoms with van der Waals surface area (Å²) in [6.45, 7) is 0. The van der Waals surface area contributed by atoms with E-state index in [0.717, 1.165) is 19.9 Å². The molecule has 2 aromatic rings. The van der Waals surface area contributed by atoms with Gasteiger partial charge in [-0.25, -0.2) is 0 Å². The highest BCUT2D eigenvalue weighted by Gasteiger charge is 2.16. The molecule has 0 aliphatic heterocycles. The lowest BCUT2D eigenvalue weighted by Gasteiger charge is -2.15. The molecule has 0 fully saturated rings. The molecule has 16 heavy (non-hydrogen) atoms. The minimum absolute atomic E-state index is 0.0949. The number of hydrogen-bond acceptors (Lipinski definition) is 3. The lowest BCUT2D eigenvalue weighted by Crippen LogP contribution is -2.17. The first kappa shape index (κ1) is 12.0. The van der Waals surface area contributed by atoms with Crippen molar-refractivity contribution in [3.63, 3.8) is 0 Å². The molecule has 2 rings (SSSR count). The zero-order chi connectivity index (χ0) is 11.5. The van der Waals surface area contributed by atoms with Crippen LogP contribution in [0.1, 0.15) is 16.5 Å². The van der Waals surface area contributed by atoms with Gasteiger partial charge in [-0.3, -0.25) is 4.98 Å². The molecule has 2 aromatic heterocycles. The van der Waals surface area contributed by atoms with Crippen LogP contribution in [0.3, 0.4) is 0 Å².